The van der Waals surface area contributed by atoms with Crippen molar-refractivity contribution in [2.45, 2.75) is 24.2 Å². The summed E-state index contributed by atoms with van der Waals surface area (Å²) >= 11 is 13.3. The van der Waals surface area contributed by atoms with E-state index in [9.17, 15) is 4.79 Å². The number of hydrogen-bond donors (Lipinski definition) is 1. The molecular formula is C15H19Cl2NO2S. The van der Waals surface area contributed by atoms with Gasteiger partial charge in [0, 0.05) is 29.7 Å². The number of hydrogen-bond acceptors (Lipinski definition) is 3. The Hall–Kier alpha value is -0.420. The molecule has 1 saturated carbocycles. The van der Waals surface area contributed by atoms with Gasteiger partial charge in [0.1, 0.15) is 0 Å². The molecule has 0 bridgehead atoms. The van der Waals surface area contributed by atoms with Gasteiger partial charge in [0.25, 0.3) is 0 Å². The molecule has 0 saturated heterocycles. The Kier molecular flexibility index (Phi) is 7.17. The predicted molar refractivity (Wildman–Crippen MR) is 88.4 cm³/mol. The number of nitrogens with one attached hydrogen (secondary N) is 1. The Balaban J connectivity index is 1.55. The molecule has 1 aliphatic rings. The minimum atomic E-state index is -0.00163. The van der Waals surface area contributed by atoms with Crippen LogP contribution in [0.4, 0.5) is 0 Å². The van der Waals surface area contributed by atoms with Gasteiger partial charge in [-0.1, -0.05) is 23.2 Å². The molecule has 0 aliphatic heterocycles. The SMILES string of the molecule is O=C(CSc1cc(Cl)ccc1Cl)NCCCOCC1CC1. The monoisotopic (exact) mass is 347 g/mol. The summed E-state index contributed by atoms with van der Waals surface area (Å²) in [5, 5.41) is 4.11. The van der Waals surface area contributed by atoms with E-state index < -0.39 is 0 Å². The molecule has 0 heterocycles. The number of thioether (sulfide) groups is 1. The van der Waals surface area contributed by atoms with E-state index in [1.54, 1.807) is 18.2 Å². The Labute approximate surface area is 139 Å². The fourth-order valence-electron chi connectivity index (χ4n) is 1.72. The van der Waals surface area contributed by atoms with Gasteiger partial charge in [-0.25, -0.2) is 0 Å². The Bertz CT molecular complexity index is 481. The Morgan fingerprint density at radius 2 is 2.19 bits per heavy atom. The molecule has 1 fully saturated rings. The number of halogens is 2. The first-order chi connectivity index (χ1) is 10.1. The van der Waals surface area contributed by atoms with Crippen molar-refractivity contribution in [1.29, 1.82) is 0 Å². The van der Waals surface area contributed by atoms with Crippen LogP contribution in [0.5, 0.6) is 0 Å². The molecule has 0 radical (unpaired) electrons. The number of carbonyl (C=O) groups excluding carboxylic acids is 1. The quantitative estimate of drug-likeness (QED) is 0.541. The van der Waals surface area contributed by atoms with E-state index in [4.69, 9.17) is 27.9 Å². The van der Waals surface area contributed by atoms with Gasteiger partial charge in [0.2, 0.25) is 5.91 Å². The summed E-state index contributed by atoms with van der Waals surface area (Å²) in [4.78, 5) is 12.5. The van der Waals surface area contributed by atoms with Gasteiger partial charge in [0.05, 0.1) is 10.8 Å². The van der Waals surface area contributed by atoms with Crippen LogP contribution >= 0.6 is 35.0 Å². The van der Waals surface area contributed by atoms with Crippen LogP contribution in [-0.2, 0) is 9.53 Å². The average molecular weight is 348 g/mol. The zero-order valence-corrected chi connectivity index (χ0v) is 14.1. The average Bonchev–Trinajstić information content (AvgIpc) is 3.28. The van der Waals surface area contributed by atoms with E-state index in [-0.39, 0.29) is 5.91 Å². The highest BCUT2D eigenvalue weighted by atomic mass is 35.5. The number of carbonyl (C=O) groups is 1. The highest BCUT2D eigenvalue weighted by Crippen LogP contribution is 2.30. The molecule has 2 rings (SSSR count). The van der Waals surface area contributed by atoms with Crippen LogP contribution in [0.15, 0.2) is 23.1 Å². The number of rotatable bonds is 9. The minimum Gasteiger partial charge on any atom is -0.381 e. The van der Waals surface area contributed by atoms with Crippen LogP contribution in [0.3, 0.4) is 0 Å². The summed E-state index contributed by atoms with van der Waals surface area (Å²) in [5.41, 5.74) is 0. The third-order valence-electron chi connectivity index (χ3n) is 3.09. The molecule has 1 N–H and O–H groups in total. The lowest BCUT2D eigenvalue weighted by Crippen LogP contribution is -2.26. The van der Waals surface area contributed by atoms with Gasteiger partial charge in [-0.05, 0) is 43.4 Å². The summed E-state index contributed by atoms with van der Waals surface area (Å²) in [5.74, 6) is 1.12. The van der Waals surface area contributed by atoms with Gasteiger partial charge in [0.15, 0.2) is 0 Å². The summed E-state index contributed by atoms with van der Waals surface area (Å²) in [6, 6.07) is 5.24. The van der Waals surface area contributed by atoms with Gasteiger partial charge in [-0.15, -0.1) is 11.8 Å². The van der Waals surface area contributed by atoms with Crippen LogP contribution in [0.25, 0.3) is 0 Å². The summed E-state index contributed by atoms with van der Waals surface area (Å²) in [7, 11) is 0. The molecular weight excluding hydrogens is 329 g/mol. The van der Waals surface area contributed by atoms with Crippen molar-refractivity contribution < 1.29 is 9.53 Å². The molecule has 0 atom stereocenters. The largest absolute Gasteiger partial charge is 0.381 e. The second-order valence-electron chi connectivity index (χ2n) is 5.09. The molecule has 1 aromatic carbocycles. The fraction of sp³-hybridized carbons (Fsp3) is 0.533. The van der Waals surface area contributed by atoms with Gasteiger partial charge < -0.3 is 10.1 Å². The lowest BCUT2D eigenvalue weighted by molar-refractivity contribution is -0.118. The zero-order chi connectivity index (χ0) is 15.1. The van der Waals surface area contributed by atoms with Crippen molar-refractivity contribution in [3.63, 3.8) is 0 Å². The van der Waals surface area contributed by atoms with Crippen LogP contribution in [0.1, 0.15) is 19.3 Å². The lowest BCUT2D eigenvalue weighted by atomic mass is 10.4. The first-order valence-corrected chi connectivity index (χ1v) is 8.81. The zero-order valence-electron chi connectivity index (χ0n) is 11.7. The first-order valence-electron chi connectivity index (χ1n) is 7.07. The van der Waals surface area contributed by atoms with E-state index in [0.717, 1.165) is 23.8 Å². The molecule has 116 valence electrons. The smallest absolute Gasteiger partial charge is 0.230 e. The third kappa shape index (κ3) is 6.92. The van der Waals surface area contributed by atoms with E-state index in [1.807, 2.05) is 0 Å². The van der Waals surface area contributed by atoms with E-state index in [2.05, 4.69) is 5.32 Å². The molecule has 1 aliphatic carbocycles. The topological polar surface area (TPSA) is 38.3 Å². The van der Waals surface area contributed by atoms with E-state index >= 15 is 0 Å². The molecule has 3 nitrogen and oxygen atoms in total. The standard InChI is InChI=1S/C15H19Cl2NO2S/c16-12-4-5-13(17)14(8-12)21-10-15(19)18-6-1-7-20-9-11-2-3-11/h4-5,8,11H,1-3,6-7,9-10H2,(H,18,19). The molecule has 1 amide bonds. The van der Waals surface area contributed by atoms with Gasteiger partial charge >= 0.3 is 0 Å². The maximum Gasteiger partial charge on any atom is 0.230 e. The summed E-state index contributed by atoms with van der Waals surface area (Å²) in [6.07, 6.45) is 3.46. The van der Waals surface area contributed by atoms with Crippen LogP contribution < -0.4 is 5.32 Å². The number of amides is 1. The van der Waals surface area contributed by atoms with Crippen LogP contribution in [-0.4, -0.2) is 31.4 Å². The second kappa shape index (κ2) is 8.89. The van der Waals surface area contributed by atoms with Crippen molar-refractivity contribution in [3.8, 4) is 0 Å². The maximum absolute atomic E-state index is 11.7. The molecule has 1 aromatic rings. The van der Waals surface area contributed by atoms with Crippen molar-refractivity contribution in [2.24, 2.45) is 5.92 Å². The third-order valence-corrected chi connectivity index (χ3v) is 4.82. The van der Waals surface area contributed by atoms with E-state index in [0.29, 0.717) is 28.9 Å². The van der Waals surface area contributed by atoms with Crippen molar-refractivity contribution in [3.05, 3.63) is 28.2 Å². The fourth-order valence-corrected chi connectivity index (χ4v) is 3.04. The van der Waals surface area contributed by atoms with Gasteiger partial charge in [-0.2, -0.15) is 0 Å². The molecule has 0 aromatic heterocycles. The summed E-state index contributed by atoms with van der Waals surface area (Å²) in [6.45, 7) is 2.23. The Morgan fingerprint density at radius 3 is 2.95 bits per heavy atom. The number of ether oxygens (including phenoxy) is 1. The summed E-state index contributed by atoms with van der Waals surface area (Å²) < 4.78 is 5.51. The number of benzene rings is 1. The Morgan fingerprint density at radius 1 is 1.38 bits per heavy atom. The first kappa shape index (κ1) is 16.9. The highest BCUT2D eigenvalue weighted by molar-refractivity contribution is 8.00. The molecule has 6 heteroatoms. The highest BCUT2D eigenvalue weighted by Gasteiger charge is 2.20. The maximum atomic E-state index is 11.7. The van der Waals surface area contributed by atoms with E-state index in [1.165, 1.54) is 24.6 Å². The normalized spacial score (nSPS) is 14.2. The van der Waals surface area contributed by atoms with Crippen LogP contribution in [0.2, 0.25) is 10.0 Å². The molecule has 21 heavy (non-hydrogen) atoms. The molecule has 0 spiro atoms. The van der Waals surface area contributed by atoms with Crippen molar-refractivity contribution in [2.75, 3.05) is 25.5 Å². The molecule has 0 unspecified atom stereocenters. The van der Waals surface area contributed by atoms with Crippen LogP contribution in [0, 0.1) is 5.92 Å². The second-order valence-corrected chi connectivity index (χ2v) is 6.95. The predicted octanol–water partition coefficient (Wildman–Crippen LogP) is 4.02. The van der Waals surface area contributed by atoms with Crippen molar-refractivity contribution in [1.82, 2.24) is 5.32 Å². The van der Waals surface area contributed by atoms with Gasteiger partial charge in [-0.3, -0.25) is 4.79 Å². The van der Waals surface area contributed by atoms with Crippen molar-refractivity contribution >= 4 is 40.9 Å². The lowest BCUT2D eigenvalue weighted by Gasteiger charge is -2.07. The minimum absolute atomic E-state index is 0.00163.